The Kier molecular flexibility index (Phi) is 14.5. The van der Waals surface area contributed by atoms with E-state index in [2.05, 4.69) is 31.3 Å². The van der Waals surface area contributed by atoms with E-state index in [4.69, 9.17) is 24.7 Å². The first kappa shape index (κ1) is 48.5. The minimum atomic E-state index is -2.12. The van der Waals surface area contributed by atoms with Gasteiger partial charge in [0, 0.05) is 60.3 Å². The molecule has 356 valence electrons. The Labute approximate surface area is 380 Å². The summed E-state index contributed by atoms with van der Waals surface area (Å²) in [5.74, 6) is -2.67. The van der Waals surface area contributed by atoms with Gasteiger partial charge in [-0.05, 0) is 56.4 Å². The summed E-state index contributed by atoms with van der Waals surface area (Å²) in [5, 5.41) is 61.1. The Bertz CT molecular complexity index is 2180. The number of rotatable bonds is 18. The third kappa shape index (κ3) is 9.18. The topological polar surface area (TPSA) is 257 Å². The van der Waals surface area contributed by atoms with E-state index < -0.39 is 95.8 Å². The van der Waals surface area contributed by atoms with E-state index in [1.54, 1.807) is 6.92 Å². The first-order valence-electron chi connectivity index (χ1n) is 23.4. The fraction of sp³-hybridized carbons (Fsp3) is 0.653. The van der Waals surface area contributed by atoms with Crippen LogP contribution < -0.4 is 15.9 Å². The number of benzene rings is 2. The Balaban J connectivity index is 0.946. The number of fused-ring (bicyclic) bond motifs is 5. The molecule has 5 aliphatic rings. The molecule has 0 aromatic heterocycles. The number of ether oxygens (including phenoxy) is 4. The van der Waals surface area contributed by atoms with Crippen LogP contribution in [-0.2, 0) is 30.2 Å². The number of carbonyl (C=O) groups excluding carboxylic acids is 4. The zero-order chi connectivity index (χ0) is 47.0. The van der Waals surface area contributed by atoms with Gasteiger partial charge in [-0.3, -0.25) is 19.2 Å². The normalized spacial score (nSPS) is 30.1. The van der Waals surface area contributed by atoms with Gasteiger partial charge in [-0.25, -0.2) is 5.43 Å². The first-order valence-corrected chi connectivity index (χ1v) is 23.4. The number of amides is 1. The van der Waals surface area contributed by atoms with Crippen LogP contribution in [0, 0.1) is 16.7 Å². The molecule has 9 atom stereocenters. The van der Waals surface area contributed by atoms with Crippen LogP contribution in [0.25, 0.3) is 0 Å². The van der Waals surface area contributed by atoms with Crippen molar-refractivity contribution in [2.45, 2.75) is 173 Å². The lowest BCUT2D eigenvalue weighted by molar-refractivity contribution is -0.245. The summed E-state index contributed by atoms with van der Waals surface area (Å²) >= 11 is 0. The molecule has 2 saturated carbocycles. The van der Waals surface area contributed by atoms with E-state index in [-0.39, 0.29) is 69.5 Å². The number of aromatic hydroxyl groups is 2. The maximum atomic E-state index is 14.0. The number of phenols is 2. The number of carbonyl (C=O) groups is 4. The number of esters is 1. The number of phenolic OH excluding ortho intramolecular Hbond substituents is 2. The van der Waals surface area contributed by atoms with Gasteiger partial charge in [0.15, 0.2) is 12.1 Å². The molecule has 1 aliphatic heterocycles. The summed E-state index contributed by atoms with van der Waals surface area (Å²) in [6.45, 7) is 7.69. The van der Waals surface area contributed by atoms with Crippen LogP contribution in [0.3, 0.4) is 0 Å². The van der Waals surface area contributed by atoms with E-state index in [0.29, 0.717) is 18.8 Å². The number of methoxy groups -OCH3 is 1. The summed E-state index contributed by atoms with van der Waals surface area (Å²) in [6.07, 6.45) is 5.98. The molecule has 2 aromatic carbocycles. The van der Waals surface area contributed by atoms with Crippen molar-refractivity contribution >= 4 is 29.2 Å². The van der Waals surface area contributed by atoms with Crippen molar-refractivity contribution in [1.82, 2.24) is 5.43 Å². The van der Waals surface area contributed by atoms with E-state index >= 15 is 0 Å². The average Bonchev–Trinajstić information content (AvgIpc) is 3.60. The van der Waals surface area contributed by atoms with E-state index in [1.165, 1.54) is 31.7 Å². The van der Waals surface area contributed by atoms with Gasteiger partial charge in [0.05, 0.1) is 54.4 Å². The van der Waals surface area contributed by atoms with Crippen LogP contribution >= 0.6 is 0 Å². The number of nitrogens with zero attached hydrogens (tertiary/aromatic N) is 1. The third-order valence-corrected chi connectivity index (χ3v) is 15.7. The quantitative estimate of drug-likeness (QED) is 0.0271. The summed E-state index contributed by atoms with van der Waals surface area (Å²) in [7, 11) is 1.33. The number of nitrogens with two attached hydrogens (primary N) is 1. The Hall–Kier alpha value is -4.45. The summed E-state index contributed by atoms with van der Waals surface area (Å²) in [4.78, 5) is 53.6. The zero-order valence-electron chi connectivity index (χ0n) is 38.3. The van der Waals surface area contributed by atoms with Gasteiger partial charge in [0.25, 0.3) is 0 Å². The molecule has 0 radical (unpaired) electrons. The second-order valence-corrected chi connectivity index (χ2v) is 19.7. The molecule has 2 aromatic rings. The van der Waals surface area contributed by atoms with E-state index in [9.17, 15) is 44.7 Å². The van der Waals surface area contributed by atoms with Gasteiger partial charge in [-0.15, -0.1) is 0 Å². The molecular weight excluding hydrogens is 839 g/mol. The monoisotopic (exact) mass is 905 g/mol. The summed E-state index contributed by atoms with van der Waals surface area (Å²) < 4.78 is 23.5. The molecule has 3 fully saturated rings. The molecule has 7 rings (SSSR count). The number of unbranched alkanes of at least 4 members (excludes halogenated alkanes) is 7. The van der Waals surface area contributed by atoms with Crippen LogP contribution in [0.1, 0.15) is 173 Å². The minimum Gasteiger partial charge on any atom is -0.507 e. The molecule has 1 amide bonds. The number of hydrogen-bond acceptors (Lipinski definition) is 15. The first-order chi connectivity index (χ1) is 30.9. The molecule has 4 aliphatic carbocycles. The van der Waals surface area contributed by atoms with Crippen LogP contribution in [0.15, 0.2) is 23.3 Å². The summed E-state index contributed by atoms with van der Waals surface area (Å²) in [5.41, 5.74) is 5.19. The highest BCUT2D eigenvalue weighted by molar-refractivity contribution is 6.31. The molecule has 65 heavy (non-hydrogen) atoms. The van der Waals surface area contributed by atoms with Crippen LogP contribution in [-0.4, -0.2) is 105 Å². The smallest absolute Gasteiger partial charge is 0.306 e. The third-order valence-electron chi connectivity index (χ3n) is 15.7. The molecular formula is C49H67N3O13. The minimum absolute atomic E-state index is 0.00355. The lowest BCUT2D eigenvalue weighted by atomic mass is 9.70. The Morgan fingerprint density at radius 1 is 0.938 bits per heavy atom. The fourth-order valence-corrected chi connectivity index (χ4v) is 11.2. The zero-order valence-corrected chi connectivity index (χ0v) is 38.3. The predicted octanol–water partition coefficient (Wildman–Crippen LogP) is 5.56. The van der Waals surface area contributed by atoms with Crippen LogP contribution in [0.4, 0.5) is 0 Å². The Morgan fingerprint density at radius 3 is 2.22 bits per heavy atom. The van der Waals surface area contributed by atoms with E-state index in [0.717, 1.165) is 57.8 Å². The number of hydrazone groups is 1. The molecule has 16 nitrogen and oxygen atoms in total. The molecule has 0 unspecified atom stereocenters. The number of aliphatic hydroxyl groups is 3. The van der Waals surface area contributed by atoms with Crippen molar-refractivity contribution in [2.24, 2.45) is 27.6 Å². The van der Waals surface area contributed by atoms with Crippen molar-refractivity contribution in [3.63, 3.8) is 0 Å². The van der Waals surface area contributed by atoms with Crippen molar-refractivity contribution in [1.29, 1.82) is 0 Å². The molecule has 8 N–H and O–H groups in total. The number of aliphatic hydroxyl groups excluding tert-OH is 2. The van der Waals surface area contributed by atoms with Crippen LogP contribution in [0.5, 0.6) is 17.2 Å². The second-order valence-electron chi connectivity index (χ2n) is 19.7. The lowest BCUT2D eigenvalue weighted by Gasteiger charge is -2.43. The SMILES string of the molecule is COc1cccc2c1C(=O)c1c(O)c3c(c(O)c1C2=O)C[C@@](O)(/C(CO)=N/NC(=O)CCCCCCCCCCC(=O)O[C@H]1C[C@H]2CC[C@]1(C)C2(C)C)C[C@@H]3O[C@H]1C[C@H](N)[C@H](O)[C@H](C)O1. The second kappa shape index (κ2) is 19.4. The van der Waals surface area contributed by atoms with Crippen molar-refractivity contribution in [3.8, 4) is 17.2 Å². The van der Waals surface area contributed by atoms with Gasteiger partial charge in [-0.1, -0.05) is 71.4 Å². The number of ketones is 2. The lowest BCUT2D eigenvalue weighted by Crippen LogP contribution is -2.53. The maximum absolute atomic E-state index is 14.0. The molecule has 2 bridgehead atoms. The molecule has 0 spiro atoms. The van der Waals surface area contributed by atoms with Crippen molar-refractivity contribution in [2.75, 3.05) is 13.7 Å². The fourth-order valence-electron chi connectivity index (χ4n) is 11.2. The van der Waals surface area contributed by atoms with Crippen molar-refractivity contribution < 1.29 is 63.7 Å². The predicted molar refractivity (Wildman–Crippen MR) is 238 cm³/mol. The molecule has 1 saturated heterocycles. The Morgan fingerprint density at radius 2 is 1.60 bits per heavy atom. The van der Waals surface area contributed by atoms with Gasteiger partial charge in [0.2, 0.25) is 11.7 Å². The molecule has 16 heteroatoms. The number of nitrogens with one attached hydrogen (secondary N) is 1. The van der Waals surface area contributed by atoms with Gasteiger partial charge in [-0.2, -0.15) is 5.10 Å². The largest absolute Gasteiger partial charge is 0.507 e. The highest BCUT2D eigenvalue weighted by Crippen LogP contribution is 2.66. The maximum Gasteiger partial charge on any atom is 0.306 e. The van der Waals surface area contributed by atoms with Gasteiger partial charge in [0.1, 0.15) is 29.0 Å². The summed E-state index contributed by atoms with van der Waals surface area (Å²) in [6, 6.07) is 3.66. The van der Waals surface area contributed by atoms with Crippen molar-refractivity contribution in [3.05, 3.63) is 51.6 Å². The molecule has 1 heterocycles. The van der Waals surface area contributed by atoms with Gasteiger partial charge >= 0.3 is 5.97 Å². The van der Waals surface area contributed by atoms with Crippen LogP contribution in [0.2, 0.25) is 0 Å². The average molecular weight is 906 g/mol. The highest BCUT2D eigenvalue weighted by Gasteiger charge is 2.63. The highest BCUT2D eigenvalue weighted by atomic mass is 16.7. The number of hydrogen-bond donors (Lipinski definition) is 7. The van der Waals surface area contributed by atoms with E-state index in [1.807, 2.05) is 0 Å². The standard InChI is InChI=1S/C49H67N3O13/c1-26-42(56)30(50)22-37(63-26)64-32-24-49(61,23-29-39(32)46(60)41-40(44(29)58)43(57)28-15-14-16-31(62-5)38(28)45(41)59)33(25-53)51-52-35(54)17-12-10-8-6-7-9-11-13-18-36(55)65-34-21-27-19-20-48(34,4)47(27,2)3/h14-16,26-27,30,32,34,37,42,53,56,58,60-61H,6-13,17-25,50H2,1-5H3,(H,52,54)/b51-33+/t26-,27+,30-,32-,34-,37-,42+,48-,49-/m0/s1. The van der Waals surface area contributed by atoms with Gasteiger partial charge < -0.3 is 50.2 Å².